The second kappa shape index (κ2) is 9.00. The van der Waals surface area contributed by atoms with Gasteiger partial charge in [-0.3, -0.25) is 0 Å². The second-order valence-corrected chi connectivity index (χ2v) is 5.36. The molecule has 0 spiro atoms. The SMILES string of the molecule is Cc1nc(CCOCC(F)F)nc(C)c1CCNC(C)C. The third kappa shape index (κ3) is 6.91. The van der Waals surface area contributed by atoms with Crippen molar-refractivity contribution >= 4 is 0 Å². The van der Waals surface area contributed by atoms with Crippen molar-refractivity contribution in [2.45, 2.75) is 53.0 Å². The van der Waals surface area contributed by atoms with Crippen LogP contribution in [0.2, 0.25) is 0 Å². The molecular formula is C15H25F2N3O. The monoisotopic (exact) mass is 301 g/mol. The van der Waals surface area contributed by atoms with Crippen LogP contribution in [0.3, 0.4) is 0 Å². The molecule has 0 saturated carbocycles. The van der Waals surface area contributed by atoms with E-state index in [2.05, 4.69) is 29.1 Å². The van der Waals surface area contributed by atoms with Gasteiger partial charge in [0.25, 0.3) is 6.43 Å². The lowest BCUT2D eigenvalue weighted by Crippen LogP contribution is -2.25. The molecule has 1 N–H and O–H groups in total. The Balaban J connectivity index is 2.54. The van der Waals surface area contributed by atoms with E-state index >= 15 is 0 Å². The highest BCUT2D eigenvalue weighted by molar-refractivity contribution is 5.24. The average Bonchev–Trinajstić information content (AvgIpc) is 2.37. The van der Waals surface area contributed by atoms with Gasteiger partial charge in [-0.1, -0.05) is 13.8 Å². The molecule has 0 radical (unpaired) electrons. The normalized spacial score (nSPS) is 11.6. The summed E-state index contributed by atoms with van der Waals surface area (Å²) < 4.78 is 28.8. The Morgan fingerprint density at radius 2 is 1.71 bits per heavy atom. The zero-order valence-electron chi connectivity index (χ0n) is 13.2. The summed E-state index contributed by atoms with van der Waals surface area (Å²) in [7, 11) is 0. The van der Waals surface area contributed by atoms with Gasteiger partial charge in [0, 0.05) is 23.9 Å². The van der Waals surface area contributed by atoms with E-state index in [4.69, 9.17) is 4.74 Å². The van der Waals surface area contributed by atoms with Crippen molar-refractivity contribution in [1.82, 2.24) is 15.3 Å². The Kier molecular flexibility index (Phi) is 7.67. The van der Waals surface area contributed by atoms with Gasteiger partial charge in [0.1, 0.15) is 12.4 Å². The summed E-state index contributed by atoms with van der Waals surface area (Å²) >= 11 is 0. The number of hydrogen-bond acceptors (Lipinski definition) is 4. The van der Waals surface area contributed by atoms with Crippen LogP contribution >= 0.6 is 0 Å². The lowest BCUT2D eigenvalue weighted by atomic mass is 10.1. The Bertz CT molecular complexity index is 416. The molecule has 120 valence electrons. The van der Waals surface area contributed by atoms with E-state index in [1.54, 1.807) is 0 Å². The molecule has 1 aromatic rings. The van der Waals surface area contributed by atoms with E-state index in [0.29, 0.717) is 18.3 Å². The maximum atomic E-state index is 12.0. The molecule has 1 rings (SSSR count). The van der Waals surface area contributed by atoms with Gasteiger partial charge in [0.05, 0.1) is 6.61 Å². The number of nitrogens with one attached hydrogen (secondary N) is 1. The first kappa shape index (κ1) is 17.9. The molecule has 0 fully saturated rings. The van der Waals surface area contributed by atoms with Crippen molar-refractivity contribution in [1.29, 1.82) is 0 Å². The molecule has 1 aromatic heterocycles. The molecule has 21 heavy (non-hydrogen) atoms. The van der Waals surface area contributed by atoms with E-state index in [0.717, 1.165) is 29.9 Å². The van der Waals surface area contributed by atoms with Gasteiger partial charge in [0.15, 0.2) is 0 Å². The molecule has 4 nitrogen and oxygen atoms in total. The number of hydrogen-bond donors (Lipinski definition) is 1. The molecule has 0 aliphatic carbocycles. The van der Waals surface area contributed by atoms with Crippen LogP contribution in [0.15, 0.2) is 0 Å². The topological polar surface area (TPSA) is 47.0 Å². The van der Waals surface area contributed by atoms with Crippen LogP contribution in [-0.4, -0.2) is 42.2 Å². The second-order valence-electron chi connectivity index (χ2n) is 5.36. The lowest BCUT2D eigenvalue weighted by molar-refractivity contribution is 0.0182. The van der Waals surface area contributed by atoms with Crippen LogP contribution in [0.5, 0.6) is 0 Å². The van der Waals surface area contributed by atoms with Crippen LogP contribution in [0.1, 0.15) is 36.6 Å². The molecular weight excluding hydrogens is 276 g/mol. The lowest BCUT2D eigenvalue weighted by Gasteiger charge is -2.13. The van der Waals surface area contributed by atoms with Crippen LogP contribution in [0, 0.1) is 13.8 Å². The standard InChI is InChI=1S/C15H25F2N3O/c1-10(2)18-7-5-13-11(3)19-15(20-12(13)4)6-8-21-9-14(16)17/h10,14,18H,5-9H2,1-4H3. The summed E-state index contributed by atoms with van der Waals surface area (Å²) in [4.78, 5) is 8.88. The number of halogens is 2. The van der Waals surface area contributed by atoms with Crippen molar-refractivity contribution in [2.24, 2.45) is 0 Å². The highest BCUT2D eigenvalue weighted by atomic mass is 19.3. The summed E-state index contributed by atoms with van der Waals surface area (Å²) in [5.41, 5.74) is 3.06. The van der Waals surface area contributed by atoms with Crippen LogP contribution < -0.4 is 5.32 Å². The first-order valence-electron chi connectivity index (χ1n) is 7.32. The minimum absolute atomic E-state index is 0.220. The molecule has 0 aromatic carbocycles. The van der Waals surface area contributed by atoms with Gasteiger partial charge in [-0.05, 0) is 32.4 Å². The fourth-order valence-corrected chi connectivity index (χ4v) is 2.10. The number of nitrogens with zero attached hydrogens (tertiary/aromatic N) is 2. The van der Waals surface area contributed by atoms with E-state index in [-0.39, 0.29) is 6.61 Å². The largest absolute Gasteiger partial charge is 0.375 e. The van der Waals surface area contributed by atoms with Gasteiger partial charge >= 0.3 is 0 Å². The maximum absolute atomic E-state index is 12.0. The smallest absolute Gasteiger partial charge is 0.261 e. The minimum Gasteiger partial charge on any atom is -0.375 e. The highest BCUT2D eigenvalue weighted by Gasteiger charge is 2.09. The summed E-state index contributed by atoms with van der Waals surface area (Å²) in [5.74, 6) is 0.653. The number of alkyl halides is 2. The summed E-state index contributed by atoms with van der Waals surface area (Å²) in [5, 5.41) is 3.37. The number of rotatable bonds is 9. The predicted molar refractivity (Wildman–Crippen MR) is 78.9 cm³/mol. The van der Waals surface area contributed by atoms with Crippen LogP contribution in [-0.2, 0) is 17.6 Å². The number of ether oxygens (including phenoxy) is 1. The van der Waals surface area contributed by atoms with Gasteiger partial charge in [-0.15, -0.1) is 0 Å². The zero-order valence-corrected chi connectivity index (χ0v) is 13.2. The van der Waals surface area contributed by atoms with Gasteiger partial charge in [-0.25, -0.2) is 18.7 Å². The first-order valence-corrected chi connectivity index (χ1v) is 7.32. The molecule has 0 aliphatic rings. The fraction of sp³-hybridized carbons (Fsp3) is 0.733. The van der Waals surface area contributed by atoms with E-state index in [1.165, 1.54) is 0 Å². The van der Waals surface area contributed by atoms with Crippen molar-refractivity contribution in [3.05, 3.63) is 22.8 Å². The Labute approximate surface area is 125 Å². The predicted octanol–water partition coefficient (Wildman–Crippen LogP) is 2.46. The quantitative estimate of drug-likeness (QED) is 0.712. The Hall–Kier alpha value is -1.14. The average molecular weight is 301 g/mol. The molecule has 0 aliphatic heterocycles. The van der Waals surface area contributed by atoms with Crippen LogP contribution in [0.25, 0.3) is 0 Å². The third-order valence-electron chi connectivity index (χ3n) is 3.11. The van der Waals surface area contributed by atoms with Crippen molar-refractivity contribution in [2.75, 3.05) is 19.8 Å². The van der Waals surface area contributed by atoms with E-state index < -0.39 is 13.0 Å². The summed E-state index contributed by atoms with van der Waals surface area (Å²) in [6.45, 7) is 8.72. The summed E-state index contributed by atoms with van der Waals surface area (Å²) in [6, 6.07) is 0.456. The van der Waals surface area contributed by atoms with Gasteiger partial charge in [-0.2, -0.15) is 0 Å². The molecule has 6 heteroatoms. The number of aryl methyl sites for hydroxylation is 2. The first-order chi connectivity index (χ1) is 9.90. The van der Waals surface area contributed by atoms with Gasteiger partial charge in [0.2, 0.25) is 0 Å². The van der Waals surface area contributed by atoms with Crippen molar-refractivity contribution in [3.8, 4) is 0 Å². The molecule has 0 amide bonds. The van der Waals surface area contributed by atoms with Crippen molar-refractivity contribution in [3.63, 3.8) is 0 Å². The van der Waals surface area contributed by atoms with E-state index in [9.17, 15) is 8.78 Å². The zero-order chi connectivity index (χ0) is 15.8. The Morgan fingerprint density at radius 1 is 1.10 bits per heavy atom. The molecule has 0 unspecified atom stereocenters. The Morgan fingerprint density at radius 3 is 2.24 bits per heavy atom. The van der Waals surface area contributed by atoms with Crippen LogP contribution in [0.4, 0.5) is 8.78 Å². The molecule has 0 saturated heterocycles. The van der Waals surface area contributed by atoms with Crippen molar-refractivity contribution < 1.29 is 13.5 Å². The van der Waals surface area contributed by atoms with Gasteiger partial charge < -0.3 is 10.1 Å². The number of aromatic nitrogens is 2. The maximum Gasteiger partial charge on any atom is 0.261 e. The minimum atomic E-state index is -2.43. The fourth-order valence-electron chi connectivity index (χ4n) is 2.10. The highest BCUT2D eigenvalue weighted by Crippen LogP contribution is 2.11. The molecule has 0 bridgehead atoms. The third-order valence-corrected chi connectivity index (χ3v) is 3.11. The summed E-state index contributed by atoms with van der Waals surface area (Å²) in [6.07, 6.45) is -1.08. The molecule has 1 heterocycles. The molecule has 0 atom stereocenters. The van der Waals surface area contributed by atoms with E-state index in [1.807, 2.05) is 13.8 Å².